The first-order chi connectivity index (χ1) is 11.7. The fraction of sp³-hybridized carbons (Fsp3) is 0.529. The van der Waals surface area contributed by atoms with Crippen LogP contribution in [0.5, 0.6) is 0 Å². The zero-order valence-corrected chi connectivity index (χ0v) is 15.9. The zero-order valence-electron chi connectivity index (χ0n) is 14.3. The van der Waals surface area contributed by atoms with Gasteiger partial charge in [0.25, 0.3) is 0 Å². The Morgan fingerprint density at radius 1 is 1.40 bits per heavy atom. The van der Waals surface area contributed by atoms with E-state index >= 15 is 0 Å². The summed E-state index contributed by atoms with van der Waals surface area (Å²) in [7, 11) is -3.68. The third kappa shape index (κ3) is 3.43. The van der Waals surface area contributed by atoms with Crippen LogP contribution in [-0.4, -0.2) is 43.0 Å². The molecule has 0 aliphatic carbocycles. The van der Waals surface area contributed by atoms with Gasteiger partial charge in [0.15, 0.2) is 9.84 Å². The van der Waals surface area contributed by atoms with Crippen LogP contribution in [0.15, 0.2) is 24.3 Å². The smallest absolute Gasteiger partial charge is 0.238 e. The minimum absolute atomic E-state index is 0.0904. The number of fused-ring (bicyclic) bond motifs is 1. The van der Waals surface area contributed by atoms with Crippen molar-refractivity contribution in [3.05, 3.63) is 29.3 Å². The monoisotopic (exact) mass is 382 g/mol. The second kappa shape index (κ2) is 6.66. The van der Waals surface area contributed by atoms with E-state index in [4.69, 9.17) is 10.5 Å². The van der Waals surface area contributed by atoms with E-state index in [1.54, 1.807) is 11.3 Å². The van der Waals surface area contributed by atoms with Gasteiger partial charge >= 0.3 is 0 Å². The van der Waals surface area contributed by atoms with Crippen molar-refractivity contribution in [2.45, 2.75) is 30.9 Å². The fourth-order valence-corrected chi connectivity index (χ4v) is 5.78. The topological polar surface area (TPSA) is 99.4 Å². The van der Waals surface area contributed by atoms with Crippen molar-refractivity contribution in [2.24, 2.45) is 11.7 Å². The van der Waals surface area contributed by atoms with Crippen molar-refractivity contribution < 1.29 is 17.9 Å². The highest BCUT2D eigenvalue weighted by Gasteiger charge is 2.43. The van der Waals surface area contributed by atoms with Crippen LogP contribution < -0.4 is 5.73 Å². The molecule has 0 bridgehead atoms. The Balaban J connectivity index is 1.90. The number of nitrogens with zero attached hydrogens (tertiary/aromatic N) is 1. The molecule has 1 amide bonds. The number of rotatable bonds is 5. The molecule has 3 rings (SSSR count). The van der Waals surface area contributed by atoms with E-state index in [0.717, 1.165) is 15.2 Å². The molecule has 2 aromatic rings. The van der Waals surface area contributed by atoms with Crippen LogP contribution in [0.1, 0.15) is 31.2 Å². The van der Waals surface area contributed by atoms with E-state index in [1.165, 1.54) is 13.8 Å². The molecule has 8 heteroatoms. The Morgan fingerprint density at radius 3 is 2.80 bits per heavy atom. The van der Waals surface area contributed by atoms with Crippen LogP contribution in [0.3, 0.4) is 0 Å². The maximum Gasteiger partial charge on any atom is 0.238 e. The van der Waals surface area contributed by atoms with Crippen LogP contribution in [0, 0.1) is 5.92 Å². The summed E-state index contributed by atoms with van der Waals surface area (Å²) in [6.07, 6.45) is 0.620. The van der Waals surface area contributed by atoms with Crippen LogP contribution in [0.25, 0.3) is 10.2 Å². The number of primary amides is 1. The minimum Gasteiger partial charge on any atom is -0.381 e. The molecule has 1 aromatic heterocycles. The highest BCUT2D eigenvalue weighted by Crippen LogP contribution is 2.37. The van der Waals surface area contributed by atoms with Crippen LogP contribution in [0.2, 0.25) is 0 Å². The Kier molecular flexibility index (Phi) is 4.87. The van der Waals surface area contributed by atoms with Gasteiger partial charge in [-0.2, -0.15) is 0 Å². The second-order valence-electron chi connectivity index (χ2n) is 6.91. The van der Waals surface area contributed by atoms with Crippen LogP contribution >= 0.6 is 11.3 Å². The van der Waals surface area contributed by atoms with Gasteiger partial charge in [-0.05, 0) is 38.3 Å². The molecule has 1 aromatic carbocycles. The number of carbonyl (C=O) groups excluding carboxylic acids is 1. The molecule has 2 unspecified atom stereocenters. The number of ether oxygens (including phenoxy) is 1. The van der Waals surface area contributed by atoms with E-state index in [0.29, 0.717) is 19.6 Å². The van der Waals surface area contributed by atoms with Crippen LogP contribution in [0.4, 0.5) is 0 Å². The molecule has 2 atom stereocenters. The summed E-state index contributed by atoms with van der Waals surface area (Å²) < 4.78 is 30.6. The fourth-order valence-electron chi connectivity index (χ4n) is 2.95. The van der Waals surface area contributed by atoms with Gasteiger partial charge in [0, 0.05) is 12.5 Å². The van der Waals surface area contributed by atoms with Crippen molar-refractivity contribution in [1.82, 2.24) is 4.98 Å². The number of hydrogen-bond donors (Lipinski definition) is 1. The number of carbonyl (C=O) groups is 1. The predicted octanol–water partition coefficient (Wildman–Crippen LogP) is 2.10. The molecule has 2 N–H and O–H groups in total. The summed E-state index contributed by atoms with van der Waals surface area (Å²) in [5.41, 5.74) is 6.21. The quantitative estimate of drug-likeness (QED) is 0.854. The van der Waals surface area contributed by atoms with E-state index in [2.05, 4.69) is 4.98 Å². The van der Waals surface area contributed by atoms with Gasteiger partial charge < -0.3 is 10.5 Å². The van der Waals surface area contributed by atoms with E-state index in [1.807, 2.05) is 24.3 Å². The van der Waals surface area contributed by atoms with Crippen molar-refractivity contribution in [1.29, 1.82) is 0 Å². The normalized spacial score (nSPS) is 22.2. The standard InChI is InChI=1S/C17H22N2O4S2/c1-17(2,16(18)20)25(21,22)10-11-7-8-23-9-12(11)15-19-13-5-3-4-6-14(13)24-15/h3-6,11-12H,7-10H2,1-2H3,(H2,18,20). The lowest BCUT2D eigenvalue weighted by Crippen LogP contribution is -2.48. The predicted molar refractivity (Wildman–Crippen MR) is 98.3 cm³/mol. The van der Waals surface area contributed by atoms with Gasteiger partial charge in [0.2, 0.25) is 5.91 Å². The third-order valence-corrected chi connectivity index (χ3v) is 8.72. The molecule has 1 aliphatic heterocycles. The highest BCUT2D eigenvalue weighted by molar-refractivity contribution is 7.93. The van der Waals surface area contributed by atoms with Gasteiger partial charge in [-0.3, -0.25) is 4.79 Å². The number of nitrogens with two attached hydrogens (primary N) is 1. The molecule has 1 aliphatic rings. The van der Waals surface area contributed by atoms with Crippen molar-refractivity contribution >= 4 is 37.3 Å². The summed E-state index contributed by atoms with van der Waals surface area (Å²) in [5, 5.41) is 0.887. The van der Waals surface area contributed by atoms with Gasteiger partial charge in [0.1, 0.15) is 4.75 Å². The van der Waals surface area contributed by atoms with Gasteiger partial charge in [-0.25, -0.2) is 13.4 Å². The maximum absolute atomic E-state index is 12.8. The Morgan fingerprint density at radius 2 is 2.12 bits per heavy atom. The minimum atomic E-state index is -3.68. The average Bonchev–Trinajstić information content (AvgIpc) is 2.98. The first-order valence-corrected chi connectivity index (χ1v) is 10.6. The number of aromatic nitrogens is 1. The Hall–Kier alpha value is -1.51. The number of sulfone groups is 1. The molecule has 6 nitrogen and oxygen atoms in total. The second-order valence-corrected chi connectivity index (χ2v) is 10.6. The number of benzene rings is 1. The number of para-hydroxylation sites is 1. The lowest BCUT2D eigenvalue weighted by atomic mass is 9.90. The van der Waals surface area contributed by atoms with E-state index in [-0.39, 0.29) is 17.6 Å². The molecule has 0 saturated carbocycles. The van der Waals surface area contributed by atoms with Gasteiger partial charge in [-0.1, -0.05) is 12.1 Å². The largest absolute Gasteiger partial charge is 0.381 e. The molecule has 136 valence electrons. The summed E-state index contributed by atoms with van der Waals surface area (Å²) in [6, 6.07) is 7.84. The number of hydrogen-bond acceptors (Lipinski definition) is 6. The number of thiazole rings is 1. The maximum atomic E-state index is 12.8. The third-order valence-electron chi connectivity index (χ3n) is 4.93. The first-order valence-electron chi connectivity index (χ1n) is 8.18. The summed E-state index contributed by atoms with van der Waals surface area (Å²) >= 11 is 1.57. The first kappa shape index (κ1) is 18.3. The molecular weight excluding hydrogens is 360 g/mol. The zero-order chi connectivity index (χ0) is 18.2. The highest BCUT2D eigenvalue weighted by atomic mass is 32.2. The Bertz CT molecular complexity index is 856. The molecule has 1 fully saturated rings. The van der Waals surface area contributed by atoms with Crippen molar-refractivity contribution in [3.63, 3.8) is 0 Å². The summed E-state index contributed by atoms with van der Waals surface area (Å²) in [4.78, 5) is 16.3. The lowest BCUT2D eigenvalue weighted by molar-refractivity contribution is -0.119. The summed E-state index contributed by atoms with van der Waals surface area (Å²) in [5.74, 6) is -1.15. The number of amides is 1. The van der Waals surface area contributed by atoms with Crippen molar-refractivity contribution in [3.8, 4) is 0 Å². The molecule has 2 heterocycles. The lowest BCUT2D eigenvalue weighted by Gasteiger charge is -2.32. The Labute approximate surface area is 151 Å². The SMILES string of the molecule is CC(C)(C(N)=O)S(=O)(=O)CC1CCOCC1c1nc2ccccc2s1. The van der Waals surface area contributed by atoms with Crippen LogP contribution in [-0.2, 0) is 19.4 Å². The summed E-state index contributed by atoms with van der Waals surface area (Å²) in [6.45, 7) is 3.70. The van der Waals surface area contributed by atoms with Gasteiger partial charge in [0.05, 0.1) is 27.6 Å². The van der Waals surface area contributed by atoms with E-state index in [9.17, 15) is 13.2 Å². The van der Waals surface area contributed by atoms with E-state index < -0.39 is 20.5 Å². The molecule has 1 saturated heterocycles. The van der Waals surface area contributed by atoms with Gasteiger partial charge in [-0.15, -0.1) is 11.3 Å². The molecule has 0 spiro atoms. The molecule has 0 radical (unpaired) electrons. The average molecular weight is 383 g/mol. The van der Waals surface area contributed by atoms with Crippen molar-refractivity contribution in [2.75, 3.05) is 19.0 Å². The molecule has 25 heavy (non-hydrogen) atoms. The molecular formula is C17H22N2O4S2.